The van der Waals surface area contributed by atoms with Crippen LogP contribution in [0.25, 0.3) is 0 Å². The largest absolute Gasteiger partial charge is 0.303 e. The Labute approximate surface area is 130 Å². The molecule has 0 radical (unpaired) electrons. The van der Waals surface area contributed by atoms with Crippen molar-refractivity contribution < 1.29 is 4.79 Å². The molecule has 1 fully saturated rings. The molecule has 0 unspecified atom stereocenters. The highest BCUT2D eigenvalue weighted by Gasteiger charge is 2.13. The summed E-state index contributed by atoms with van der Waals surface area (Å²) in [4.78, 5) is 15.6. The minimum absolute atomic E-state index is 0.322. The first kappa shape index (κ1) is 16.1. The van der Waals surface area contributed by atoms with Crippen LogP contribution in [0.5, 0.6) is 0 Å². The van der Waals surface area contributed by atoms with Gasteiger partial charge in [-0.25, -0.2) is 0 Å². The van der Waals surface area contributed by atoms with Crippen molar-refractivity contribution in [3.05, 3.63) is 17.0 Å². The van der Waals surface area contributed by atoms with E-state index in [4.69, 9.17) is 0 Å². The Bertz CT molecular complexity index is 408. The van der Waals surface area contributed by atoms with Gasteiger partial charge in [0.1, 0.15) is 0 Å². The third-order valence-corrected chi connectivity index (χ3v) is 6.22. The quantitative estimate of drug-likeness (QED) is 0.538. The summed E-state index contributed by atoms with van der Waals surface area (Å²) in [6.07, 6.45) is 7.16. The number of thiophene rings is 1. The standard InChI is InChI=1S/C16H25NOS2/c1-2-13-19-16-8-7-15(20-16)14(18)9-12-17-10-5-3-4-6-11-17/h7-8H,2-6,9-13H2,1H3. The molecule has 0 aromatic carbocycles. The van der Waals surface area contributed by atoms with Crippen molar-refractivity contribution in [3.63, 3.8) is 0 Å². The zero-order valence-electron chi connectivity index (χ0n) is 12.4. The first-order valence-corrected chi connectivity index (χ1v) is 9.58. The van der Waals surface area contributed by atoms with Crippen LogP contribution in [0.2, 0.25) is 0 Å². The Morgan fingerprint density at radius 2 is 2.00 bits per heavy atom. The number of ketones is 1. The van der Waals surface area contributed by atoms with Gasteiger partial charge in [0, 0.05) is 13.0 Å². The maximum Gasteiger partial charge on any atom is 0.174 e. The molecule has 0 bridgehead atoms. The first-order chi connectivity index (χ1) is 9.79. The van der Waals surface area contributed by atoms with Crippen LogP contribution in [0.1, 0.15) is 55.1 Å². The molecule has 2 nitrogen and oxygen atoms in total. The van der Waals surface area contributed by atoms with Crippen LogP contribution in [-0.4, -0.2) is 36.1 Å². The fourth-order valence-electron chi connectivity index (χ4n) is 2.49. The predicted molar refractivity (Wildman–Crippen MR) is 89.2 cm³/mol. The van der Waals surface area contributed by atoms with Gasteiger partial charge < -0.3 is 4.90 Å². The maximum atomic E-state index is 12.2. The van der Waals surface area contributed by atoms with E-state index in [1.165, 1.54) is 49.4 Å². The molecule has 1 saturated heterocycles. The molecule has 20 heavy (non-hydrogen) atoms. The summed E-state index contributed by atoms with van der Waals surface area (Å²) >= 11 is 3.53. The van der Waals surface area contributed by atoms with E-state index in [9.17, 15) is 4.79 Å². The first-order valence-electron chi connectivity index (χ1n) is 7.78. The van der Waals surface area contributed by atoms with Gasteiger partial charge in [0.15, 0.2) is 5.78 Å². The van der Waals surface area contributed by atoms with E-state index in [0.29, 0.717) is 12.2 Å². The fourth-order valence-corrected chi connectivity index (χ4v) is 4.52. The van der Waals surface area contributed by atoms with Gasteiger partial charge in [-0.2, -0.15) is 0 Å². The second-order valence-electron chi connectivity index (χ2n) is 5.40. The van der Waals surface area contributed by atoms with Crippen LogP contribution in [-0.2, 0) is 0 Å². The number of thioether (sulfide) groups is 1. The minimum atomic E-state index is 0.322. The lowest BCUT2D eigenvalue weighted by molar-refractivity contribution is 0.0969. The predicted octanol–water partition coefficient (Wildman–Crippen LogP) is 4.70. The molecule has 1 aliphatic rings. The van der Waals surface area contributed by atoms with E-state index >= 15 is 0 Å². The molecule has 0 aliphatic carbocycles. The summed E-state index contributed by atoms with van der Waals surface area (Å²) in [5, 5.41) is 0. The molecule has 2 heterocycles. The van der Waals surface area contributed by atoms with Crippen LogP contribution < -0.4 is 0 Å². The third-order valence-electron chi connectivity index (χ3n) is 3.66. The third kappa shape index (κ3) is 5.23. The van der Waals surface area contributed by atoms with Crippen molar-refractivity contribution in [3.8, 4) is 0 Å². The fraction of sp³-hybridized carbons (Fsp3) is 0.688. The van der Waals surface area contributed by atoms with Gasteiger partial charge in [-0.05, 0) is 50.2 Å². The lowest BCUT2D eigenvalue weighted by Crippen LogP contribution is -2.27. The molecule has 0 amide bonds. The smallest absolute Gasteiger partial charge is 0.174 e. The normalized spacial score (nSPS) is 17.1. The van der Waals surface area contributed by atoms with Crippen molar-refractivity contribution in [1.82, 2.24) is 4.90 Å². The lowest BCUT2D eigenvalue weighted by Gasteiger charge is -2.18. The minimum Gasteiger partial charge on any atom is -0.303 e. The Kier molecular flexibility index (Phi) is 7.11. The molecule has 0 saturated carbocycles. The summed E-state index contributed by atoms with van der Waals surface area (Å²) in [7, 11) is 0. The van der Waals surface area contributed by atoms with E-state index in [-0.39, 0.29) is 0 Å². The van der Waals surface area contributed by atoms with Crippen LogP contribution in [0.3, 0.4) is 0 Å². The summed E-state index contributed by atoms with van der Waals surface area (Å²) in [6, 6.07) is 4.11. The van der Waals surface area contributed by atoms with Crippen molar-refractivity contribution in [2.75, 3.05) is 25.4 Å². The van der Waals surface area contributed by atoms with Gasteiger partial charge in [0.05, 0.1) is 9.09 Å². The number of hydrogen-bond donors (Lipinski definition) is 0. The molecule has 112 valence electrons. The monoisotopic (exact) mass is 311 g/mol. The molecule has 4 heteroatoms. The molecule has 1 aliphatic heterocycles. The number of nitrogens with zero attached hydrogens (tertiary/aromatic N) is 1. The van der Waals surface area contributed by atoms with Crippen molar-refractivity contribution in [1.29, 1.82) is 0 Å². The Morgan fingerprint density at radius 3 is 2.70 bits per heavy atom. The molecule has 0 spiro atoms. The van der Waals surface area contributed by atoms with E-state index < -0.39 is 0 Å². The number of Topliss-reactive ketones (excluding diaryl/α,β-unsaturated/α-hetero) is 1. The summed E-state index contributed by atoms with van der Waals surface area (Å²) in [6.45, 7) is 5.48. The van der Waals surface area contributed by atoms with Crippen LogP contribution in [0.4, 0.5) is 0 Å². The van der Waals surface area contributed by atoms with E-state index in [1.807, 2.05) is 17.8 Å². The van der Waals surface area contributed by atoms with Gasteiger partial charge >= 0.3 is 0 Å². The van der Waals surface area contributed by atoms with Crippen molar-refractivity contribution >= 4 is 28.9 Å². The number of hydrogen-bond acceptors (Lipinski definition) is 4. The van der Waals surface area contributed by atoms with E-state index in [1.54, 1.807) is 11.3 Å². The van der Waals surface area contributed by atoms with Gasteiger partial charge in [0.2, 0.25) is 0 Å². The van der Waals surface area contributed by atoms with Crippen molar-refractivity contribution in [2.24, 2.45) is 0 Å². The highest BCUT2D eigenvalue weighted by atomic mass is 32.2. The van der Waals surface area contributed by atoms with Crippen LogP contribution in [0, 0.1) is 0 Å². The summed E-state index contributed by atoms with van der Waals surface area (Å²) in [5.74, 6) is 1.46. The second kappa shape index (κ2) is 8.85. The topological polar surface area (TPSA) is 20.3 Å². The van der Waals surface area contributed by atoms with Gasteiger partial charge in [-0.1, -0.05) is 19.8 Å². The molecular formula is C16H25NOS2. The summed E-state index contributed by atoms with van der Waals surface area (Å²) in [5.41, 5.74) is 0. The highest BCUT2D eigenvalue weighted by molar-refractivity contribution is 8.01. The molecular weight excluding hydrogens is 286 g/mol. The number of carbonyl (C=O) groups excluding carboxylic acids is 1. The molecule has 2 rings (SSSR count). The van der Waals surface area contributed by atoms with Crippen LogP contribution in [0.15, 0.2) is 16.3 Å². The Hall–Kier alpha value is -0.320. The molecule has 0 atom stereocenters. The van der Waals surface area contributed by atoms with E-state index in [0.717, 1.165) is 17.2 Å². The average Bonchev–Trinajstić information content (AvgIpc) is 2.78. The number of carbonyl (C=O) groups is 1. The van der Waals surface area contributed by atoms with Gasteiger partial charge in [-0.15, -0.1) is 23.1 Å². The molecule has 0 N–H and O–H groups in total. The SMILES string of the molecule is CCCSc1ccc(C(=O)CCN2CCCCCC2)s1. The molecule has 1 aromatic heterocycles. The zero-order valence-corrected chi connectivity index (χ0v) is 14.0. The molecule has 1 aromatic rings. The highest BCUT2D eigenvalue weighted by Crippen LogP contribution is 2.28. The second-order valence-corrected chi connectivity index (χ2v) is 7.88. The lowest BCUT2D eigenvalue weighted by atomic mass is 10.2. The Balaban J connectivity index is 1.77. The van der Waals surface area contributed by atoms with Crippen LogP contribution >= 0.6 is 23.1 Å². The Morgan fingerprint density at radius 1 is 1.25 bits per heavy atom. The van der Waals surface area contributed by atoms with Gasteiger partial charge in [0.25, 0.3) is 0 Å². The average molecular weight is 312 g/mol. The zero-order chi connectivity index (χ0) is 14.2. The van der Waals surface area contributed by atoms with Crippen molar-refractivity contribution in [2.45, 2.75) is 49.7 Å². The maximum absolute atomic E-state index is 12.2. The van der Waals surface area contributed by atoms with Gasteiger partial charge in [-0.3, -0.25) is 4.79 Å². The number of rotatable bonds is 7. The summed E-state index contributed by atoms with van der Waals surface area (Å²) < 4.78 is 1.28. The number of likely N-dealkylation sites (tertiary alicyclic amines) is 1. The van der Waals surface area contributed by atoms with E-state index in [2.05, 4.69) is 17.9 Å².